The van der Waals surface area contributed by atoms with Gasteiger partial charge in [0, 0.05) is 40.2 Å². The van der Waals surface area contributed by atoms with Crippen molar-refractivity contribution in [2.45, 2.75) is 6.92 Å². The second kappa shape index (κ2) is 4.61. The zero-order valence-corrected chi connectivity index (χ0v) is 10.7. The number of rotatable bonds is 2. The third kappa shape index (κ3) is 2.36. The van der Waals surface area contributed by atoms with Crippen LogP contribution in [0.15, 0.2) is 54.9 Å². The van der Waals surface area contributed by atoms with Gasteiger partial charge >= 0.3 is 0 Å². The van der Waals surface area contributed by atoms with Crippen LogP contribution in [0.5, 0.6) is 0 Å². The highest BCUT2D eigenvalue weighted by atomic mass is 14.9. The molecule has 0 radical (unpaired) electrons. The molecule has 1 heterocycles. The molecular formula is C16H15N3. The topological polar surface area (TPSA) is 50.9 Å². The summed E-state index contributed by atoms with van der Waals surface area (Å²) < 4.78 is 0. The van der Waals surface area contributed by atoms with Gasteiger partial charge in [-0.05, 0) is 42.8 Å². The molecule has 0 spiro atoms. The lowest BCUT2D eigenvalue weighted by Crippen LogP contribution is -1.94. The number of benzene rings is 2. The normalized spacial score (nSPS) is 10.6. The number of hydrogen-bond donors (Lipinski definition) is 2. The van der Waals surface area contributed by atoms with Crippen LogP contribution in [0.2, 0.25) is 0 Å². The first-order valence-corrected chi connectivity index (χ1v) is 6.19. The lowest BCUT2D eigenvalue weighted by Gasteiger charge is -2.11. The summed E-state index contributed by atoms with van der Waals surface area (Å²) in [4.78, 5) is 4.14. The van der Waals surface area contributed by atoms with E-state index in [1.54, 1.807) is 6.20 Å². The van der Waals surface area contributed by atoms with E-state index in [1.807, 2.05) is 37.4 Å². The van der Waals surface area contributed by atoms with Crippen molar-refractivity contribution in [1.29, 1.82) is 0 Å². The Bertz CT molecular complexity index is 709. The van der Waals surface area contributed by atoms with Crippen LogP contribution >= 0.6 is 0 Å². The van der Waals surface area contributed by atoms with E-state index >= 15 is 0 Å². The largest absolute Gasteiger partial charge is 0.399 e. The Labute approximate surface area is 112 Å². The van der Waals surface area contributed by atoms with Crippen molar-refractivity contribution in [2.75, 3.05) is 11.1 Å². The molecule has 0 unspecified atom stereocenters. The zero-order valence-electron chi connectivity index (χ0n) is 10.7. The summed E-state index contributed by atoms with van der Waals surface area (Å²) in [6, 6.07) is 14.1. The van der Waals surface area contributed by atoms with Gasteiger partial charge in [0.25, 0.3) is 0 Å². The number of aryl methyl sites for hydroxylation is 1. The number of pyridine rings is 1. The minimum Gasteiger partial charge on any atom is -0.399 e. The summed E-state index contributed by atoms with van der Waals surface area (Å²) in [5, 5.41) is 5.69. The van der Waals surface area contributed by atoms with Crippen LogP contribution in [0.25, 0.3) is 10.8 Å². The predicted octanol–water partition coefficient (Wildman–Crippen LogP) is 3.87. The van der Waals surface area contributed by atoms with Crippen molar-refractivity contribution in [3.63, 3.8) is 0 Å². The molecule has 0 atom stereocenters. The first-order chi connectivity index (χ1) is 9.22. The number of aromatic nitrogens is 1. The SMILES string of the molecule is Cc1cc(N)cc(Nc2cccc3cnccc23)c1. The van der Waals surface area contributed by atoms with E-state index in [9.17, 15) is 0 Å². The molecule has 0 saturated heterocycles. The molecule has 2 aromatic carbocycles. The number of anilines is 3. The van der Waals surface area contributed by atoms with Crippen LogP contribution < -0.4 is 11.1 Å². The quantitative estimate of drug-likeness (QED) is 0.678. The summed E-state index contributed by atoms with van der Waals surface area (Å²) in [6.07, 6.45) is 3.67. The fourth-order valence-corrected chi connectivity index (χ4v) is 2.27. The molecule has 0 bridgehead atoms. The van der Waals surface area contributed by atoms with Crippen molar-refractivity contribution >= 4 is 27.8 Å². The standard InChI is InChI=1S/C16H15N3/c1-11-7-13(17)9-14(8-11)19-16-4-2-3-12-10-18-6-5-15(12)16/h2-10,19H,17H2,1H3. The molecule has 3 rings (SSSR count). The van der Waals surface area contributed by atoms with Crippen molar-refractivity contribution in [2.24, 2.45) is 0 Å². The Morgan fingerprint density at radius 1 is 1.11 bits per heavy atom. The molecule has 3 heteroatoms. The highest BCUT2D eigenvalue weighted by molar-refractivity contribution is 5.94. The van der Waals surface area contributed by atoms with Gasteiger partial charge in [0.05, 0.1) is 0 Å². The molecule has 3 nitrogen and oxygen atoms in total. The highest BCUT2D eigenvalue weighted by Gasteiger charge is 2.02. The second-order valence-corrected chi connectivity index (χ2v) is 4.66. The zero-order chi connectivity index (χ0) is 13.2. The van der Waals surface area contributed by atoms with Crippen molar-refractivity contribution in [3.05, 3.63) is 60.4 Å². The molecule has 94 valence electrons. The van der Waals surface area contributed by atoms with Gasteiger partial charge in [0.15, 0.2) is 0 Å². The van der Waals surface area contributed by atoms with Gasteiger partial charge in [0.2, 0.25) is 0 Å². The van der Waals surface area contributed by atoms with Gasteiger partial charge in [-0.25, -0.2) is 0 Å². The summed E-state index contributed by atoms with van der Waals surface area (Å²) >= 11 is 0. The van der Waals surface area contributed by atoms with E-state index in [0.29, 0.717) is 0 Å². The molecule has 3 N–H and O–H groups in total. The summed E-state index contributed by atoms with van der Waals surface area (Å²) in [7, 11) is 0. The first-order valence-electron chi connectivity index (χ1n) is 6.19. The van der Waals surface area contributed by atoms with Gasteiger partial charge in [-0.3, -0.25) is 4.98 Å². The number of nitrogens with zero attached hydrogens (tertiary/aromatic N) is 1. The monoisotopic (exact) mass is 249 g/mol. The number of nitrogen functional groups attached to an aromatic ring is 1. The van der Waals surface area contributed by atoms with Crippen LogP contribution in [0.3, 0.4) is 0 Å². The maximum Gasteiger partial charge on any atom is 0.0465 e. The van der Waals surface area contributed by atoms with Gasteiger partial charge in [0.1, 0.15) is 0 Å². The van der Waals surface area contributed by atoms with Gasteiger partial charge in [-0.15, -0.1) is 0 Å². The molecule has 3 aromatic rings. The fourth-order valence-electron chi connectivity index (χ4n) is 2.27. The van der Waals surface area contributed by atoms with Crippen LogP contribution in [-0.2, 0) is 0 Å². The van der Waals surface area contributed by atoms with E-state index in [2.05, 4.69) is 28.5 Å². The molecule has 0 saturated carbocycles. The molecule has 0 aliphatic rings. The van der Waals surface area contributed by atoms with Crippen LogP contribution in [-0.4, -0.2) is 4.98 Å². The van der Waals surface area contributed by atoms with Crippen LogP contribution in [0, 0.1) is 6.92 Å². The average molecular weight is 249 g/mol. The minimum atomic E-state index is 0.768. The van der Waals surface area contributed by atoms with Gasteiger partial charge < -0.3 is 11.1 Å². The Morgan fingerprint density at radius 2 is 2.00 bits per heavy atom. The van der Waals surface area contributed by atoms with Crippen LogP contribution in [0.4, 0.5) is 17.1 Å². The van der Waals surface area contributed by atoms with Gasteiger partial charge in [-0.1, -0.05) is 12.1 Å². The van der Waals surface area contributed by atoms with Crippen LogP contribution in [0.1, 0.15) is 5.56 Å². The summed E-state index contributed by atoms with van der Waals surface area (Å²) in [5.74, 6) is 0. The third-order valence-corrected chi connectivity index (χ3v) is 3.06. The highest BCUT2D eigenvalue weighted by Crippen LogP contribution is 2.27. The lowest BCUT2D eigenvalue weighted by molar-refractivity contribution is 1.36. The minimum absolute atomic E-state index is 0.768. The molecule has 19 heavy (non-hydrogen) atoms. The predicted molar refractivity (Wildman–Crippen MR) is 80.6 cm³/mol. The molecule has 0 amide bonds. The number of hydrogen-bond acceptors (Lipinski definition) is 3. The Balaban J connectivity index is 2.05. The van der Waals surface area contributed by atoms with E-state index in [4.69, 9.17) is 5.73 Å². The lowest BCUT2D eigenvalue weighted by atomic mass is 10.1. The molecular weight excluding hydrogens is 234 g/mol. The second-order valence-electron chi connectivity index (χ2n) is 4.66. The molecule has 0 aliphatic carbocycles. The average Bonchev–Trinajstić information content (AvgIpc) is 2.38. The number of fused-ring (bicyclic) bond motifs is 1. The Hall–Kier alpha value is -2.55. The summed E-state index contributed by atoms with van der Waals surface area (Å²) in [6.45, 7) is 2.04. The first kappa shape index (κ1) is 11.5. The fraction of sp³-hybridized carbons (Fsp3) is 0.0625. The number of nitrogens with one attached hydrogen (secondary N) is 1. The van der Waals surface area contributed by atoms with Crippen molar-refractivity contribution in [3.8, 4) is 0 Å². The Morgan fingerprint density at radius 3 is 2.84 bits per heavy atom. The van der Waals surface area contributed by atoms with E-state index in [0.717, 1.165) is 33.4 Å². The maximum atomic E-state index is 5.88. The van der Waals surface area contributed by atoms with E-state index < -0.39 is 0 Å². The number of nitrogens with two attached hydrogens (primary N) is 1. The molecule has 0 fully saturated rings. The maximum absolute atomic E-state index is 5.88. The van der Waals surface area contributed by atoms with E-state index in [1.165, 1.54) is 0 Å². The molecule has 0 aliphatic heterocycles. The van der Waals surface area contributed by atoms with Gasteiger partial charge in [-0.2, -0.15) is 0 Å². The van der Waals surface area contributed by atoms with E-state index in [-0.39, 0.29) is 0 Å². The molecule has 1 aromatic heterocycles. The van der Waals surface area contributed by atoms with Crippen molar-refractivity contribution in [1.82, 2.24) is 4.98 Å². The Kier molecular flexibility index (Phi) is 2.80. The smallest absolute Gasteiger partial charge is 0.0465 e. The summed E-state index contributed by atoms with van der Waals surface area (Å²) in [5.41, 5.74) is 9.85. The van der Waals surface area contributed by atoms with Crippen molar-refractivity contribution < 1.29 is 0 Å². The third-order valence-electron chi connectivity index (χ3n) is 3.06.